The fourth-order valence-corrected chi connectivity index (χ4v) is 3.60. The monoisotopic (exact) mass is 357 g/mol. The fraction of sp³-hybridized carbons (Fsp3) is 0.474. The van der Waals surface area contributed by atoms with E-state index in [9.17, 15) is 0 Å². The molecule has 25 heavy (non-hydrogen) atoms. The molecule has 5 nitrogen and oxygen atoms in total. The number of aryl methyl sites for hydroxylation is 1. The van der Waals surface area contributed by atoms with E-state index in [0.29, 0.717) is 6.61 Å². The minimum absolute atomic E-state index is 0.0827. The summed E-state index contributed by atoms with van der Waals surface area (Å²) in [5, 5.41) is 5.71. The summed E-state index contributed by atoms with van der Waals surface area (Å²) in [6, 6.07) is 7.27. The Hall–Kier alpha value is -1.92. The molecule has 0 spiro atoms. The Morgan fingerprint density at radius 3 is 2.76 bits per heavy atom. The highest BCUT2D eigenvalue weighted by molar-refractivity contribution is 6.76. The molecule has 2 aromatic rings. The molecule has 0 amide bonds. The van der Waals surface area contributed by atoms with E-state index in [-0.39, 0.29) is 6.04 Å². The Morgan fingerprint density at radius 2 is 2.04 bits per heavy atom. The molecule has 1 aliphatic heterocycles. The van der Waals surface area contributed by atoms with Gasteiger partial charge in [-0.15, -0.1) is 0 Å². The standard InChI is InChI=1S/C19H27N3O2Si/c1-22-18-9-7-15(23-2)12-16(18)19(21-22)17-8-6-14(20-17)13-24-10-11-25(3,4)5/h6-9,12,14H,10-11,13H2,1-5H3. The molecular formula is C19H27N3O2Si. The molecule has 3 rings (SSSR count). The van der Waals surface area contributed by atoms with Gasteiger partial charge < -0.3 is 9.47 Å². The molecule has 6 heteroatoms. The van der Waals surface area contributed by atoms with Gasteiger partial charge in [0, 0.05) is 27.1 Å². The Labute approximate surface area is 150 Å². The molecule has 0 saturated heterocycles. The summed E-state index contributed by atoms with van der Waals surface area (Å²) in [5.41, 5.74) is 2.89. The van der Waals surface area contributed by atoms with Crippen LogP contribution in [0.15, 0.2) is 35.3 Å². The third-order valence-electron chi connectivity index (χ3n) is 4.37. The van der Waals surface area contributed by atoms with E-state index in [1.165, 1.54) is 6.04 Å². The minimum atomic E-state index is -1.04. The first kappa shape index (κ1) is 17.9. The number of methoxy groups -OCH3 is 1. The van der Waals surface area contributed by atoms with Crippen LogP contribution >= 0.6 is 0 Å². The molecule has 0 bridgehead atoms. The highest BCUT2D eigenvalue weighted by atomic mass is 28.3. The minimum Gasteiger partial charge on any atom is -0.497 e. The molecule has 134 valence electrons. The summed E-state index contributed by atoms with van der Waals surface area (Å²) in [7, 11) is 2.59. The molecule has 2 heterocycles. The second kappa shape index (κ2) is 7.13. The van der Waals surface area contributed by atoms with Crippen molar-refractivity contribution < 1.29 is 9.47 Å². The number of ether oxygens (including phenoxy) is 2. The average Bonchev–Trinajstić information content (AvgIpc) is 3.15. The summed E-state index contributed by atoms with van der Waals surface area (Å²) in [4.78, 5) is 4.79. The second-order valence-electron chi connectivity index (χ2n) is 7.68. The Bertz CT molecular complexity index is 818. The predicted octanol–water partition coefficient (Wildman–Crippen LogP) is 3.66. The highest BCUT2D eigenvalue weighted by Crippen LogP contribution is 2.25. The molecule has 0 fully saturated rings. The van der Waals surface area contributed by atoms with Gasteiger partial charge in [0.2, 0.25) is 0 Å². The Kier molecular flexibility index (Phi) is 5.10. The van der Waals surface area contributed by atoms with E-state index in [1.807, 2.05) is 36.0 Å². The van der Waals surface area contributed by atoms with Crippen molar-refractivity contribution in [2.75, 3.05) is 20.3 Å². The van der Waals surface area contributed by atoms with Gasteiger partial charge in [-0.25, -0.2) is 0 Å². The first-order valence-electron chi connectivity index (χ1n) is 8.72. The molecule has 0 N–H and O–H groups in total. The largest absolute Gasteiger partial charge is 0.497 e. The normalized spacial score (nSPS) is 17.3. The van der Waals surface area contributed by atoms with Crippen molar-refractivity contribution in [3.05, 3.63) is 36.0 Å². The van der Waals surface area contributed by atoms with E-state index in [4.69, 9.17) is 14.5 Å². The molecule has 1 aromatic carbocycles. The van der Waals surface area contributed by atoms with Crippen LogP contribution < -0.4 is 4.74 Å². The van der Waals surface area contributed by atoms with Gasteiger partial charge >= 0.3 is 0 Å². The van der Waals surface area contributed by atoms with Crippen LogP contribution in [0.5, 0.6) is 5.75 Å². The van der Waals surface area contributed by atoms with E-state index in [1.54, 1.807) is 7.11 Å². The SMILES string of the molecule is COc1ccc2c(c1)c(C1=NC(COCC[Si](C)(C)C)C=C1)nn2C. The molecule has 1 aliphatic rings. The maximum absolute atomic E-state index is 5.84. The number of aliphatic imine (C=N–C) groups is 1. The number of nitrogens with zero attached hydrogens (tertiary/aromatic N) is 3. The van der Waals surface area contributed by atoms with Crippen LogP contribution in [0.2, 0.25) is 25.7 Å². The van der Waals surface area contributed by atoms with Gasteiger partial charge in [0.25, 0.3) is 0 Å². The van der Waals surface area contributed by atoms with Crippen molar-refractivity contribution in [3.63, 3.8) is 0 Å². The lowest BCUT2D eigenvalue weighted by molar-refractivity contribution is 0.143. The number of hydrogen-bond acceptors (Lipinski definition) is 4. The van der Waals surface area contributed by atoms with E-state index < -0.39 is 8.07 Å². The first-order valence-corrected chi connectivity index (χ1v) is 12.4. The van der Waals surface area contributed by atoms with Gasteiger partial charge in [0.15, 0.2) is 0 Å². The quantitative estimate of drug-likeness (QED) is 0.561. The zero-order valence-corrected chi connectivity index (χ0v) is 16.7. The van der Waals surface area contributed by atoms with Gasteiger partial charge in [-0.2, -0.15) is 5.10 Å². The Balaban J connectivity index is 1.73. The van der Waals surface area contributed by atoms with E-state index in [2.05, 4.69) is 30.8 Å². The maximum Gasteiger partial charge on any atom is 0.119 e. The number of hydrogen-bond donors (Lipinski definition) is 0. The van der Waals surface area contributed by atoms with Crippen LogP contribution in [0.3, 0.4) is 0 Å². The highest BCUT2D eigenvalue weighted by Gasteiger charge is 2.19. The van der Waals surface area contributed by atoms with Crippen LogP contribution in [0.4, 0.5) is 0 Å². The molecule has 1 unspecified atom stereocenters. The molecule has 0 radical (unpaired) electrons. The smallest absolute Gasteiger partial charge is 0.119 e. The Morgan fingerprint density at radius 1 is 1.24 bits per heavy atom. The van der Waals surface area contributed by atoms with E-state index in [0.717, 1.165) is 34.7 Å². The maximum atomic E-state index is 5.84. The van der Waals surface area contributed by atoms with Crippen LogP contribution in [0, 0.1) is 0 Å². The first-order chi connectivity index (χ1) is 11.9. The van der Waals surface area contributed by atoms with Crippen LogP contribution in [0.1, 0.15) is 5.69 Å². The van der Waals surface area contributed by atoms with Gasteiger partial charge in [-0.1, -0.05) is 25.7 Å². The third kappa shape index (κ3) is 4.19. The van der Waals surface area contributed by atoms with Crippen molar-refractivity contribution in [1.82, 2.24) is 9.78 Å². The average molecular weight is 358 g/mol. The van der Waals surface area contributed by atoms with Crippen molar-refractivity contribution in [3.8, 4) is 5.75 Å². The molecule has 1 aromatic heterocycles. The van der Waals surface area contributed by atoms with Crippen molar-refractivity contribution in [2.24, 2.45) is 12.0 Å². The lowest BCUT2D eigenvalue weighted by Gasteiger charge is -2.15. The second-order valence-corrected chi connectivity index (χ2v) is 13.3. The van der Waals surface area contributed by atoms with Gasteiger partial charge in [0.1, 0.15) is 11.4 Å². The molecular weight excluding hydrogens is 330 g/mol. The number of allylic oxidation sites excluding steroid dienone is 1. The van der Waals surface area contributed by atoms with Crippen molar-refractivity contribution in [1.29, 1.82) is 0 Å². The summed E-state index contributed by atoms with van der Waals surface area (Å²) >= 11 is 0. The number of aromatic nitrogens is 2. The summed E-state index contributed by atoms with van der Waals surface area (Å²) in [6.45, 7) is 8.56. The zero-order chi connectivity index (χ0) is 18.0. The molecule has 0 saturated carbocycles. The molecule has 0 aliphatic carbocycles. The summed E-state index contributed by atoms with van der Waals surface area (Å²) in [5.74, 6) is 0.829. The van der Waals surface area contributed by atoms with Gasteiger partial charge in [0.05, 0.1) is 31.0 Å². The third-order valence-corrected chi connectivity index (χ3v) is 6.07. The number of benzene rings is 1. The summed E-state index contributed by atoms with van der Waals surface area (Å²) < 4.78 is 13.1. The summed E-state index contributed by atoms with van der Waals surface area (Å²) in [6.07, 6.45) is 4.15. The van der Waals surface area contributed by atoms with Gasteiger partial charge in [-0.3, -0.25) is 9.67 Å². The lowest BCUT2D eigenvalue weighted by Crippen LogP contribution is -2.22. The van der Waals surface area contributed by atoms with Crippen molar-refractivity contribution >= 4 is 24.7 Å². The number of rotatable bonds is 7. The lowest BCUT2D eigenvalue weighted by atomic mass is 10.1. The molecule has 1 atom stereocenters. The topological polar surface area (TPSA) is 48.6 Å². The van der Waals surface area contributed by atoms with Crippen molar-refractivity contribution in [2.45, 2.75) is 31.7 Å². The predicted molar refractivity (Wildman–Crippen MR) is 106 cm³/mol. The number of fused-ring (bicyclic) bond motifs is 1. The van der Waals surface area contributed by atoms with Gasteiger partial charge in [-0.05, 0) is 30.3 Å². The van der Waals surface area contributed by atoms with Crippen LogP contribution in [-0.4, -0.2) is 49.9 Å². The van der Waals surface area contributed by atoms with E-state index >= 15 is 0 Å². The fourth-order valence-electron chi connectivity index (χ4n) is 2.84. The van der Waals surface area contributed by atoms with Crippen LogP contribution in [-0.2, 0) is 11.8 Å². The van der Waals surface area contributed by atoms with Crippen LogP contribution in [0.25, 0.3) is 10.9 Å². The zero-order valence-electron chi connectivity index (χ0n) is 15.7.